The Morgan fingerprint density at radius 2 is 1.93 bits per heavy atom. The second-order valence-electron chi connectivity index (χ2n) is 8.36. The largest absolute Gasteiger partial charge is 0.323 e. The van der Waals surface area contributed by atoms with Gasteiger partial charge in [0.15, 0.2) is 0 Å². The third kappa shape index (κ3) is 3.47. The number of nitrogens with zero attached hydrogens (tertiary/aromatic N) is 3. The van der Waals surface area contributed by atoms with Crippen molar-refractivity contribution < 1.29 is 0 Å². The summed E-state index contributed by atoms with van der Waals surface area (Å²) < 4.78 is 0. The van der Waals surface area contributed by atoms with E-state index >= 15 is 0 Å². The van der Waals surface area contributed by atoms with Gasteiger partial charge in [-0.2, -0.15) is 5.26 Å². The molecule has 2 aromatic rings. The van der Waals surface area contributed by atoms with Crippen molar-refractivity contribution in [1.29, 1.82) is 5.26 Å². The maximum Gasteiger partial charge on any atom is 0.0992 e. The number of nitriles is 1. The minimum Gasteiger partial charge on any atom is -0.323 e. The lowest BCUT2D eigenvalue weighted by molar-refractivity contribution is 0.0780. The molecule has 1 fully saturated rings. The highest BCUT2D eigenvalue weighted by molar-refractivity contribution is 7.99. The normalized spacial score (nSPS) is 19.7. The monoisotopic (exact) mass is 377 g/mol. The first-order valence-electron chi connectivity index (χ1n) is 9.87. The summed E-state index contributed by atoms with van der Waals surface area (Å²) in [5.41, 5.74) is 3.52. The molecule has 2 aliphatic heterocycles. The number of fused-ring (bicyclic) bond motifs is 2. The standard InChI is InChI=1S/C23H27N3S/c1-4-22(25-13-7-12-23(2,3)16-25)26-18-8-5-6-9-20(18)27-21-11-10-17(15-24)14-19(21)26/h5-6,8-11,14,22H,4,7,12-13,16H2,1-3H3. The number of piperidine rings is 1. The Bertz CT molecular complexity index is 883. The zero-order valence-electron chi connectivity index (χ0n) is 16.4. The van der Waals surface area contributed by atoms with Crippen molar-refractivity contribution >= 4 is 23.1 Å². The quantitative estimate of drug-likeness (QED) is 0.654. The molecule has 4 heteroatoms. The maximum atomic E-state index is 9.45. The summed E-state index contributed by atoms with van der Waals surface area (Å²) in [6.45, 7) is 9.30. The molecule has 1 unspecified atom stereocenters. The van der Waals surface area contributed by atoms with Gasteiger partial charge in [-0.05, 0) is 55.0 Å². The topological polar surface area (TPSA) is 30.3 Å². The Labute approximate surface area is 167 Å². The molecule has 2 heterocycles. The van der Waals surface area contributed by atoms with Gasteiger partial charge in [-0.3, -0.25) is 4.90 Å². The molecule has 0 N–H and O–H groups in total. The van der Waals surface area contributed by atoms with Crippen LogP contribution in [0.15, 0.2) is 52.3 Å². The third-order valence-corrected chi connectivity index (χ3v) is 6.84. The lowest BCUT2D eigenvalue weighted by atomic mass is 9.84. The third-order valence-electron chi connectivity index (χ3n) is 5.71. The number of benzene rings is 2. The van der Waals surface area contributed by atoms with E-state index in [0.717, 1.165) is 25.1 Å². The van der Waals surface area contributed by atoms with Crippen LogP contribution < -0.4 is 4.90 Å². The minimum atomic E-state index is 0.305. The van der Waals surface area contributed by atoms with Crippen LogP contribution in [0.5, 0.6) is 0 Å². The van der Waals surface area contributed by atoms with E-state index in [0.29, 0.717) is 11.6 Å². The van der Waals surface area contributed by atoms with E-state index in [1.54, 1.807) is 0 Å². The van der Waals surface area contributed by atoms with Crippen LogP contribution in [-0.4, -0.2) is 24.2 Å². The van der Waals surface area contributed by atoms with Gasteiger partial charge in [-0.15, -0.1) is 0 Å². The molecule has 4 rings (SSSR count). The summed E-state index contributed by atoms with van der Waals surface area (Å²) in [7, 11) is 0. The van der Waals surface area contributed by atoms with Gasteiger partial charge >= 0.3 is 0 Å². The van der Waals surface area contributed by atoms with Gasteiger partial charge in [-0.25, -0.2) is 0 Å². The molecule has 3 nitrogen and oxygen atoms in total. The van der Waals surface area contributed by atoms with Crippen molar-refractivity contribution in [3.05, 3.63) is 48.0 Å². The molecule has 1 saturated heterocycles. The second-order valence-corrected chi connectivity index (χ2v) is 9.44. The summed E-state index contributed by atoms with van der Waals surface area (Å²) in [6, 6.07) is 17.1. The fourth-order valence-corrected chi connectivity index (χ4v) is 5.55. The van der Waals surface area contributed by atoms with E-state index in [1.165, 1.54) is 34.0 Å². The van der Waals surface area contributed by atoms with E-state index in [-0.39, 0.29) is 0 Å². The number of hydrogen-bond donors (Lipinski definition) is 0. The number of hydrogen-bond acceptors (Lipinski definition) is 4. The molecule has 1 atom stereocenters. The molecule has 0 spiro atoms. The molecule has 140 valence electrons. The zero-order chi connectivity index (χ0) is 19.0. The molecular formula is C23H27N3S. The molecule has 0 saturated carbocycles. The summed E-state index contributed by atoms with van der Waals surface area (Å²) in [4.78, 5) is 7.68. The Morgan fingerprint density at radius 1 is 1.15 bits per heavy atom. The fourth-order valence-electron chi connectivity index (χ4n) is 4.50. The van der Waals surface area contributed by atoms with Crippen LogP contribution in [0.2, 0.25) is 0 Å². The number of anilines is 2. The van der Waals surface area contributed by atoms with E-state index in [9.17, 15) is 5.26 Å². The van der Waals surface area contributed by atoms with Gasteiger partial charge in [0.25, 0.3) is 0 Å². The van der Waals surface area contributed by atoms with Crippen molar-refractivity contribution in [1.82, 2.24) is 4.90 Å². The van der Waals surface area contributed by atoms with Crippen molar-refractivity contribution in [2.75, 3.05) is 18.0 Å². The van der Waals surface area contributed by atoms with Gasteiger partial charge < -0.3 is 4.90 Å². The van der Waals surface area contributed by atoms with Crippen LogP contribution in [0.25, 0.3) is 0 Å². The summed E-state index contributed by atoms with van der Waals surface area (Å²) in [5.74, 6) is 0. The van der Waals surface area contributed by atoms with Gasteiger partial charge in [0.1, 0.15) is 0 Å². The molecule has 0 amide bonds. The Hall–Kier alpha value is -1.96. The fraction of sp³-hybridized carbons (Fsp3) is 0.435. The smallest absolute Gasteiger partial charge is 0.0992 e. The average Bonchev–Trinajstić information content (AvgIpc) is 2.67. The summed E-state index contributed by atoms with van der Waals surface area (Å²) in [6.07, 6.45) is 3.89. The molecule has 27 heavy (non-hydrogen) atoms. The Kier molecular flexibility index (Phi) is 4.92. The first kappa shape index (κ1) is 18.4. The highest BCUT2D eigenvalue weighted by Crippen LogP contribution is 2.50. The SMILES string of the molecule is CCC(N1CCCC(C)(C)C1)N1c2ccccc2Sc2ccc(C#N)cc21. The first-order valence-corrected chi connectivity index (χ1v) is 10.7. The van der Waals surface area contributed by atoms with Crippen LogP contribution >= 0.6 is 11.8 Å². The lowest BCUT2D eigenvalue weighted by Gasteiger charge is -2.48. The molecular weight excluding hydrogens is 350 g/mol. The molecule has 0 bridgehead atoms. The van der Waals surface area contributed by atoms with Gasteiger partial charge in [0.05, 0.1) is 29.2 Å². The Morgan fingerprint density at radius 3 is 2.67 bits per heavy atom. The molecule has 0 aliphatic carbocycles. The van der Waals surface area contributed by atoms with Gasteiger partial charge in [-0.1, -0.05) is 44.7 Å². The Balaban J connectivity index is 1.81. The van der Waals surface area contributed by atoms with Crippen LogP contribution in [0.3, 0.4) is 0 Å². The van der Waals surface area contributed by atoms with Crippen molar-refractivity contribution in [2.45, 2.75) is 56.0 Å². The van der Waals surface area contributed by atoms with E-state index < -0.39 is 0 Å². The molecule has 0 aromatic heterocycles. The van der Waals surface area contributed by atoms with Gasteiger partial charge in [0.2, 0.25) is 0 Å². The average molecular weight is 378 g/mol. The second kappa shape index (κ2) is 7.22. The predicted octanol–water partition coefficient (Wildman–Crippen LogP) is 6.02. The summed E-state index contributed by atoms with van der Waals surface area (Å²) in [5, 5.41) is 9.45. The molecule has 2 aliphatic rings. The van der Waals surface area contributed by atoms with Crippen LogP contribution in [0.4, 0.5) is 11.4 Å². The zero-order valence-corrected chi connectivity index (χ0v) is 17.2. The lowest BCUT2D eigenvalue weighted by Crippen LogP contribution is -2.52. The highest BCUT2D eigenvalue weighted by atomic mass is 32.2. The highest BCUT2D eigenvalue weighted by Gasteiger charge is 2.36. The van der Waals surface area contributed by atoms with E-state index in [1.807, 2.05) is 17.8 Å². The first-order chi connectivity index (χ1) is 13.0. The number of para-hydroxylation sites is 1. The van der Waals surface area contributed by atoms with Crippen molar-refractivity contribution in [3.8, 4) is 6.07 Å². The number of rotatable bonds is 3. The molecule has 2 aromatic carbocycles. The van der Waals surface area contributed by atoms with Gasteiger partial charge in [0, 0.05) is 22.9 Å². The van der Waals surface area contributed by atoms with Crippen LogP contribution in [0, 0.1) is 16.7 Å². The van der Waals surface area contributed by atoms with Crippen molar-refractivity contribution in [2.24, 2.45) is 5.41 Å². The van der Waals surface area contributed by atoms with E-state index in [4.69, 9.17) is 0 Å². The van der Waals surface area contributed by atoms with Crippen LogP contribution in [0.1, 0.15) is 45.6 Å². The van der Waals surface area contributed by atoms with Crippen molar-refractivity contribution in [3.63, 3.8) is 0 Å². The van der Waals surface area contributed by atoms with E-state index in [2.05, 4.69) is 73.0 Å². The van der Waals surface area contributed by atoms with Crippen LogP contribution in [-0.2, 0) is 0 Å². The minimum absolute atomic E-state index is 0.305. The predicted molar refractivity (Wildman–Crippen MR) is 113 cm³/mol. The number of likely N-dealkylation sites (tertiary alicyclic amines) is 1. The molecule has 0 radical (unpaired) electrons. The summed E-state index contributed by atoms with van der Waals surface area (Å²) >= 11 is 1.81. The maximum absolute atomic E-state index is 9.45.